The third-order valence-corrected chi connectivity index (χ3v) is 2.40. The molecule has 1 heterocycles. The number of rotatable bonds is 4. The molecule has 1 aromatic carbocycles. The summed E-state index contributed by atoms with van der Waals surface area (Å²) in [4.78, 5) is 0. The number of benzene rings is 1. The van der Waals surface area contributed by atoms with Gasteiger partial charge in [0.15, 0.2) is 0 Å². The van der Waals surface area contributed by atoms with Crippen LogP contribution in [0.5, 0.6) is 11.5 Å². The number of nitrogens with one attached hydrogen (secondary N) is 1. The molecule has 0 saturated carbocycles. The van der Waals surface area contributed by atoms with Gasteiger partial charge in [0.05, 0.1) is 20.4 Å². The van der Waals surface area contributed by atoms with Crippen LogP contribution in [-0.2, 0) is 0 Å². The first kappa shape index (κ1) is 11.4. The molecule has 2 N–H and O–H groups in total. The molecular weight excluding hydrogens is 222 g/mol. The van der Waals surface area contributed by atoms with Crippen LogP contribution in [-0.4, -0.2) is 34.7 Å². The predicted molar refractivity (Wildman–Crippen MR) is 60.0 cm³/mol. The predicted octanol–water partition coefficient (Wildman–Crippen LogP) is 0.904. The molecule has 0 radical (unpaired) electrons. The Labute approximate surface area is 98.2 Å². The summed E-state index contributed by atoms with van der Waals surface area (Å²) < 4.78 is 10.3. The number of aromatic nitrogens is 3. The fraction of sp³-hybridized carbons (Fsp3) is 0.273. The van der Waals surface area contributed by atoms with Gasteiger partial charge in [-0.25, -0.2) is 0 Å². The number of hydrogen-bond donors (Lipinski definition) is 2. The molecule has 6 heteroatoms. The van der Waals surface area contributed by atoms with Crippen molar-refractivity contribution in [3.05, 3.63) is 35.7 Å². The average Bonchev–Trinajstić information content (AvgIpc) is 2.91. The maximum absolute atomic E-state index is 10.1. The zero-order valence-corrected chi connectivity index (χ0v) is 9.54. The maximum atomic E-state index is 10.1. The molecule has 2 rings (SSSR count). The van der Waals surface area contributed by atoms with E-state index in [1.807, 2.05) is 0 Å². The van der Waals surface area contributed by atoms with E-state index in [1.54, 1.807) is 32.4 Å². The Morgan fingerprint density at radius 1 is 1.18 bits per heavy atom. The Kier molecular flexibility index (Phi) is 3.24. The summed E-state index contributed by atoms with van der Waals surface area (Å²) in [5, 5.41) is 20.0. The van der Waals surface area contributed by atoms with Crippen molar-refractivity contribution >= 4 is 0 Å². The topological polar surface area (TPSA) is 80.3 Å². The van der Waals surface area contributed by atoms with Gasteiger partial charge in [-0.1, -0.05) is 0 Å². The Balaban J connectivity index is 2.37. The van der Waals surface area contributed by atoms with Gasteiger partial charge in [0.25, 0.3) is 0 Å². The Morgan fingerprint density at radius 2 is 1.82 bits per heavy atom. The number of nitrogens with zero attached hydrogens (tertiary/aromatic N) is 2. The fourth-order valence-electron chi connectivity index (χ4n) is 1.50. The van der Waals surface area contributed by atoms with Crippen LogP contribution in [0.4, 0.5) is 0 Å². The second-order valence-electron chi connectivity index (χ2n) is 3.44. The molecule has 0 saturated heterocycles. The first-order valence-corrected chi connectivity index (χ1v) is 5.01. The molecule has 0 bridgehead atoms. The van der Waals surface area contributed by atoms with Gasteiger partial charge in [-0.15, -0.1) is 0 Å². The van der Waals surface area contributed by atoms with Crippen LogP contribution in [0, 0.1) is 0 Å². The van der Waals surface area contributed by atoms with E-state index in [0.717, 1.165) is 0 Å². The van der Waals surface area contributed by atoms with Crippen molar-refractivity contribution in [3.63, 3.8) is 0 Å². The average molecular weight is 235 g/mol. The lowest BCUT2D eigenvalue weighted by atomic mass is 10.1. The van der Waals surface area contributed by atoms with Crippen molar-refractivity contribution in [2.45, 2.75) is 6.10 Å². The molecule has 0 amide bonds. The summed E-state index contributed by atoms with van der Waals surface area (Å²) in [6.07, 6.45) is 0.606. The van der Waals surface area contributed by atoms with E-state index >= 15 is 0 Å². The van der Waals surface area contributed by atoms with Gasteiger partial charge in [0, 0.05) is 6.07 Å². The minimum absolute atomic E-state index is 0.445. The highest BCUT2D eigenvalue weighted by Crippen LogP contribution is 2.28. The monoisotopic (exact) mass is 235 g/mol. The third-order valence-electron chi connectivity index (χ3n) is 2.40. The highest BCUT2D eigenvalue weighted by molar-refractivity contribution is 5.41. The number of aliphatic hydroxyl groups excluding tert-OH is 1. The van der Waals surface area contributed by atoms with Gasteiger partial charge in [0.1, 0.15) is 23.3 Å². The van der Waals surface area contributed by atoms with E-state index in [1.165, 1.54) is 6.20 Å². The van der Waals surface area contributed by atoms with E-state index in [0.29, 0.717) is 22.8 Å². The maximum Gasteiger partial charge on any atom is 0.125 e. The van der Waals surface area contributed by atoms with Gasteiger partial charge < -0.3 is 14.6 Å². The standard InChI is InChI=1S/C11H13N3O3/c1-16-8-3-7(4-9(5-8)17-2)11(15)10-6-12-14-13-10/h3-6,11,15H,1-2H3,(H,12,13,14). The number of aliphatic hydroxyl groups is 1. The lowest BCUT2D eigenvalue weighted by Gasteiger charge is -2.11. The SMILES string of the molecule is COc1cc(OC)cc(C(O)c2cn[nH]n2)c1. The Bertz CT molecular complexity index is 462. The van der Waals surface area contributed by atoms with Crippen LogP contribution in [0.3, 0.4) is 0 Å². The molecule has 0 fully saturated rings. The molecular formula is C11H13N3O3. The summed E-state index contributed by atoms with van der Waals surface area (Å²) in [6.45, 7) is 0. The molecule has 2 aromatic rings. The van der Waals surface area contributed by atoms with Crippen LogP contribution in [0.25, 0.3) is 0 Å². The van der Waals surface area contributed by atoms with Crippen LogP contribution in [0.15, 0.2) is 24.4 Å². The largest absolute Gasteiger partial charge is 0.497 e. The van der Waals surface area contributed by atoms with Crippen molar-refractivity contribution < 1.29 is 14.6 Å². The van der Waals surface area contributed by atoms with Gasteiger partial charge >= 0.3 is 0 Å². The molecule has 6 nitrogen and oxygen atoms in total. The second kappa shape index (κ2) is 4.84. The number of hydrogen-bond acceptors (Lipinski definition) is 5. The van der Waals surface area contributed by atoms with E-state index in [2.05, 4.69) is 15.4 Å². The zero-order valence-electron chi connectivity index (χ0n) is 9.54. The van der Waals surface area contributed by atoms with Crippen LogP contribution < -0.4 is 9.47 Å². The molecule has 1 atom stereocenters. The summed E-state index contributed by atoms with van der Waals surface area (Å²) in [7, 11) is 3.11. The van der Waals surface area contributed by atoms with Crippen molar-refractivity contribution in [1.29, 1.82) is 0 Å². The van der Waals surface area contributed by atoms with Crippen molar-refractivity contribution in [3.8, 4) is 11.5 Å². The van der Waals surface area contributed by atoms with Gasteiger partial charge in [-0.3, -0.25) is 0 Å². The van der Waals surface area contributed by atoms with Crippen molar-refractivity contribution in [1.82, 2.24) is 15.4 Å². The summed E-state index contributed by atoms with van der Waals surface area (Å²) in [5.74, 6) is 1.23. The number of aromatic amines is 1. The zero-order chi connectivity index (χ0) is 12.3. The molecule has 0 spiro atoms. The smallest absolute Gasteiger partial charge is 0.125 e. The summed E-state index contributed by atoms with van der Waals surface area (Å²) in [5.41, 5.74) is 1.08. The molecule has 0 aliphatic heterocycles. The van der Waals surface area contributed by atoms with E-state index in [4.69, 9.17) is 9.47 Å². The highest BCUT2D eigenvalue weighted by Gasteiger charge is 2.15. The first-order valence-electron chi connectivity index (χ1n) is 5.01. The molecule has 0 aliphatic rings. The van der Waals surface area contributed by atoms with Crippen molar-refractivity contribution in [2.24, 2.45) is 0 Å². The highest BCUT2D eigenvalue weighted by atomic mass is 16.5. The fourth-order valence-corrected chi connectivity index (χ4v) is 1.50. The van der Waals surface area contributed by atoms with Crippen LogP contribution in [0.2, 0.25) is 0 Å². The lowest BCUT2D eigenvalue weighted by molar-refractivity contribution is 0.214. The molecule has 1 unspecified atom stereocenters. The Morgan fingerprint density at radius 3 is 2.29 bits per heavy atom. The summed E-state index contributed by atoms with van der Waals surface area (Å²) >= 11 is 0. The van der Waals surface area contributed by atoms with E-state index in [9.17, 15) is 5.11 Å². The lowest BCUT2D eigenvalue weighted by Crippen LogP contribution is -2.01. The number of ether oxygens (including phenoxy) is 2. The van der Waals surface area contributed by atoms with Gasteiger partial charge in [-0.2, -0.15) is 15.4 Å². The van der Waals surface area contributed by atoms with E-state index in [-0.39, 0.29) is 0 Å². The molecule has 90 valence electrons. The van der Waals surface area contributed by atoms with Crippen LogP contribution >= 0.6 is 0 Å². The molecule has 1 aromatic heterocycles. The van der Waals surface area contributed by atoms with Crippen molar-refractivity contribution in [2.75, 3.05) is 14.2 Å². The quantitative estimate of drug-likeness (QED) is 0.823. The third kappa shape index (κ3) is 2.36. The first-order chi connectivity index (χ1) is 8.24. The minimum atomic E-state index is -0.863. The number of H-pyrrole nitrogens is 1. The normalized spacial score (nSPS) is 12.2. The van der Waals surface area contributed by atoms with Gasteiger partial charge in [-0.05, 0) is 17.7 Å². The second-order valence-corrected chi connectivity index (χ2v) is 3.44. The van der Waals surface area contributed by atoms with E-state index < -0.39 is 6.10 Å². The van der Waals surface area contributed by atoms with Crippen LogP contribution in [0.1, 0.15) is 17.4 Å². The Hall–Kier alpha value is -2.08. The van der Waals surface area contributed by atoms with Gasteiger partial charge in [0.2, 0.25) is 0 Å². The minimum Gasteiger partial charge on any atom is -0.497 e. The number of methoxy groups -OCH3 is 2. The molecule has 0 aliphatic carbocycles. The summed E-state index contributed by atoms with van der Waals surface area (Å²) in [6, 6.07) is 5.18. The molecule has 17 heavy (non-hydrogen) atoms.